The number of hydrogen-bond acceptors (Lipinski definition) is 2. The summed E-state index contributed by atoms with van der Waals surface area (Å²) < 4.78 is 5.99. The largest absolute Gasteiger partial charge is 0.378 e. The minimum absolute atomic E-state index is 0.544. The molecule has 3 atom stereocenters. The van der Waals surface area contributed by atoms with Crippen LogP contribution in [0, 0.1) is 11.8 Å². The zero-order chi connectivity index (χ0) is 11.1. The summed E-state index contributed by atoms with van der Waals surface area (Å²) in [6, 6.07) is 0. The van der Waals surface area contributed by atoms with Crippen LogP contribution in [-0.4, -0.2) is 26.3 Å². The van der Waals surface area contributed by atoms with Crippen molar-refractivity contribution in [3.8, 4) is 0 Å². The van der Waals surface area contributed by atoms with Gasteiger partial charge in [0.25, 0.3) is 0 Å². The van der Waals surface area contributed by atoms with Crippen LogP contribution in [0.25, 0.3) is 0 Å². The highest BCUT2D eigenvalue weighted by Crippen LogP contribution is 2.28. The molecule has 15 heavy (non-hydrogen) atoms. The van der Waals surface area contributed by atoms with Crippen LogP contribution in [0.4, 0.5) is 0 Å². The first-order valence-corrected chi connectivity index (χ1v) is 6.52. The molecular formula is C13H27NO. The first-order chi connectivity index (χ1) is 7.26. The van der Waals surface area contributed by atoms with Gasteiger partial charge in [-0.05, 0) is 38.3 Å². The third-order valence-electron chi connectivity index (χ3n) is 3.48. The van der Waals surface area contributed by atoms with Gasteiger partial charge in [0, 0.05) is 0 Å². The predicted octanol–water partition coefficient (Wildman–Crippen LogP) is 2.83. The Balaban J connectivity index is 2.14. The van der Waals surface area contributed by atoms with Gasteiger partial charge in [0.1, 0.15) is 0 Å². The van der Waals surface area contributed by atoms with E-state index < -0.39 is 0 Å². The maximum absolute atomic E-state index is 5.99. The van der Waals surface area contributed by atoms with Gasteiger partial charge in [0.2, 0.25) is 0 Å². The summed E-state index contributed by atoms with van der Waals surface area (Å²) >= 11 is 0. The van der Waals surface area contributed by atoms with E-state index in [1.54, 1.807) is 0 Å². The molecule has 0 aromatic carbocycles. The van der Waals surface area contributed by atoms with Crippen molar-refractivity contribution in [2.45, 2.75) is 52.1 Å². The molecule has 0 saturated heterocycles. The zero-order valence-corrected chi connectivity index (χ0v) is 10.6. The molecule has 1 rings (SSSR count). The Morgan fingerprint density at radius 3 is 2.87 bits per heavy atom. The summed E-state index contributed by atoms with van der Waals surface area (Å²) in [5, 5.41) is 3.20. The standard InChI is InChI=1S/C13H27NO/c1-4-12-6-5-7-13(8-12)15-10-11(2)9-14-3/h11-14H,4-10H2,1-3H3. The fourth-order valence-corrected chi connectivity index (χ4v) is 2.47. The van der Waals surface area contributed by atoms with Crippen molar-refractivity contribution < 1.29 is 4.74 Å². The number of nitrogens with one attached hydrogen (secondary N) is 1. The van der Waals surface area contributed by atoms with Gasteiger partial charge in [-0.15, -0.1) is 0 Å². The molecule has 2 nitrogen and oxygen atoms in total. The van der Waals surface area contributed by atoms with Crippen LogP contribution in [0.1, 0.15) is 46.0 Å². The summed E-state index contributed by atoms with van der Waals surface area (Å²) in [5.41, 5.74) is 0. The zero-order valence-electron chi connectivity index (χ0n) is 10.6. The lowest BCUT2D eigenvalue weighted by Gasteiger charge is -2.29. The van der Waals surface area contributed by atoms with E-state index in [0.717, 1.165) is 19.1 Å². The van der Waals surface area contributed by atoms with E-state index in [1.165, 1.54) is 32.1 Å². The van der Waals surface area contributed by atoms with Crippen molar-refractivity contribution in [3.63, 3.8) is 0 Å². The number of hydrogen-bond donors (Lipinski definition) is 1. The average molecular weight is 213 g/mol. The molecule has 0 aromatic heterocycles. The van der Waals surface area contributed by atoms with E-state index in [1.807, 2.05) is 7.05 Å². The lowest BCUT2D eigenvalue weighted by molar-refractivity contribution is -0.00266. The molecule has 1 aliphatic carbocycles. The second-order valence-electron chi connectivity index (χ2n) is 5.06. The molecule has 1 saturated carbocycles. The third-order valence-corrected chi connectivity index (χ3v) is 3.48. The molecule has 1 aliphatic rings. The maximum Gasteiger partial charge on any atom is 0.0578 e. The van der Waals surface area contributed by atoms with Crippen LogP contribution in [0.2, 0.25) is 0 Å². The highest BCUT2D eigenvalue weighted by molar-refractivity contribution is 4.72. The van der Waals surface area contributed by atoms with Crippen molar-refractivity contribution in [3.05, 3.63) is 0 Å². The molecule has 0 spiro atoms. The van der Waals surface area contributed by atoms with Crippen LogP contribution < -0.4 is 5.32 Å². The molecule has 0 radical (unpaired) electrons. The third kappa shape index (κ3) is 4.98. The van der Waals surface area contributed by atoms with Crippen LogP contribution in [0.15, 0.2) is 0 Å². The molecular weight excluding hydrogens is 186 g/mol. The van der Waals surface area contributed by atoms with E-state index >= 15 is 0 Å². The van der Waals surface area contributed by atoms with E-state index in [0.29, 0.717) is 12.0 Å². The minimum atomic E-state index is 0.544. The SMILES string of the molecule is CCC1CCCC(OCC(C)CNC)C1. The molecule has 1 N–H and O–H groups in total. The maximum atomic E-state index is 5.99. The predicted molar refractivity (Wildman–Crippen MR) is 65.1 cm³/mol. The Labute approximate surface area is 94.8 Å². The quantitative estimate of drug-likeness (QED) is 0.732. The summed E-state index contributed by atoms with van der Waals surface area (Å²) in [6.07, 6.45) is 7.23. The molecule has 0 bridgehead atoms. The fourth-order valence-electron chi connectivity index (χ4n) is 2.47. The monoisotopic (exact) mass is 213 g/mol. The van der Waals surface area contributed by atoms with E-state index in [-0.39, 0.29) is 0 Å². The van der Waals surface area contributed by atoms with Crippen molar-refractivity contribution in [2.75, 3.05) is 20.2 Å². The van der Waals surface area contributed by atoms with E-state index in [2.05, 4.69) is 19.2 Å². The Bertz CT molecular complexity index is 161. The molecule has 3 unspecified atom stereocenters. The van der Waals surface area contributed by atoms with Crippen LogP contribution in [0.3, 0.4) is 0 Å². The highest BCUT2D eigenvalue weighted by atomic mass is 16.5. The van der Waals surface area contributed by atoms with Crippen LogP contribution >= 0.6 is 0 Å². The van der Waals surface area contributed by atoms with Crippen molar-refractivity contribution >= 4 is 0 Å². The van der Waals surface area contributed by atoms with Gasteiger partial charge in [-0.25, -0.2) is 0 Å². The summed E-state index contributed by atoms with van der Waals surface area (Å²) in [4.78, 5) is 0. The second kappa shape index (κ2) is 7.24. The Morgan fingerprint density at radius 1 is 1.40 bits per heavy atom. The summed E-state index contributed by atoms with van der Waals surface area (Å²) in [7, 11) is 2.00. The van der Waals surface area contributed by atoms with Gasteiger partial charge in [-0.1, -0.05) is 33.1 Å². The van der Waals surface area contributed by atoms with E-state index in [4.69, 9.17) is 4.74 Å². The Morgan fingerprint density at radius 2 is 2.20 bits per heavy atom. The van der Waals surface area contributed by atoms with Crippen molar-refractivity contribution in [1.29, 1.82) is 0 Å². The van der Waals surface area contributed by atoms with Crippen molar-refractivity contribution in [2.24, 2.45) is 11.8 Å². The van der Waals surface area contributed by atoms with Crippen LogP contribution in [-0.2, 0) is 4.74 Å². The molecule has 2 heteroatoms. The summed E-state index contributed by atoms with van der Waals surface area (Å²) in [6.45, 7) is 6.53. The van der Waals surface area contributed by atoms with Gasteiger partial charge in [0.15, 0.2) is 0 Å². The van der Waals surface area contributed by atoms with E-state index in [9.17, 15) is 0 Å². The Kier molecular flexibility index (Phi) is 6.26. The summed E-state index contributed by atoms with van der Waals surface area (Å²) in [5.74, 6) is 1.56. The normalized spacial score (nSPS) is 29.0. The molecule has 0 aliphatic heterocycles. The highest BCUT2D eigenvalue weighted by Gasteiger charge is 2.21. The molecule has 0 aromatic rings. The average Bonchev–Trinajstić information content (AvgIpc) is 2.27. The number of rotatable bonds is 6. The smallest absolute Gasteiger partial charge is 0.0578 e. The number of ether oxygens (including phenoxy) is 1. The first kappa shape index (κ1) is 13.0. The lowest BCUT2D eigenvalue weighted by Crippen LogP contribution is -2.27. The molecule has 0 amide bonds. The van der Waals surface area contributed by atoms with Gasteiger partial charge < -0.3 is 10.1 Å². The Hall–Kier alpha value is -0.0800. The second-order valence-corrected chi connectivity index (χ2v) is 5.06. The first-order valence-electron chi connectivity index (χ1n) is 6.52. The topological polar surface area (TPSA) is 21.3 Å². The van der Waals surface area contributed by atoms with Crippen LogP contribution in [0.5, 0.6) is 0 Å². The van der Waals surface area contributed by atoms with Crippen molar-refractivity contribution in [1.82, 2.24) is 5.32 Å². The van der Waals surface area contributed by atoms with Gasteiger partial charge in [-0.2, -0.15) is 0 Å². The van der Waals surface area contributed by atoms with Gasteiger partial charge in [-0.3, -0.25) is 0 Å². The lowest BCUT2D eigenvalue weighted by atomic mass is 9.85. The van der Waals surface area contributed by atoms with Gasteiger partial charge in [0.05, 0.1) is 12.7 Å². The minimum Gasteiger partial charge on any atom is -0.378 e. The molecule has 90 valence electrons. The molecule has 1 fully saturated rings. The fraction of sp³-hybridized carbons (Fsp3) is 1.00. The molecule has 0 heterocycles. The van der Waals surface area contributed by atoms with Gasteiger partial charge >= 0.3 is 0 Å².